The summed E-state index contributed by atoms with van der Waals surface area (Å²) in [5.41, 5.74) is 0.0115. The third-order valence-electron chi connectivity index (χ3n) is 7.31. The predicted octanol–water partition coefficient (Wildman–Crippen LogP) is 3.75. The summed E-state index contributed by atoms with van der Waals surface area (Å²) in [5.74, 6) is -0.807. The fourth-order valence-corrected chi connectivity index (χ4v) is 5.66. The van der Waals surface area contributed by atoms with Gasteiger partial charge in [-0.2, -0.15) is 0 Å². The number of rotatable bonds is 8. The van der Waals surface area contributed by atoms with Gasteiger partial charge in [0.2, 0.25) is 0 Å². The Morgan fingerprint density at radius 1 is 0.929 bits per heavy atom. The highest BCUT2D eigenvalue weighted by atomic mass is 32.1. The molecule has 1 aliphatic rings. The van der Waals surface area contributed by atoms with Crippen LogP contribution in [-0.2, 0) is 7.05 Å². The van der Waals surface area contributed by atoms with Gasteiger partial charge in [0.25, 0.3) is 22.9 Å². The minimum absolute atomic E-state index is 0.0413. The number of aromatic hydroxyl groups is 1. The first-order valence-corrected chi connectivity index (χ1v) is 14.5. The molecule has 1 aliphatic heterocycles. The Labute approximate surface area is 246 Å². The van der Waals surface area contributed by atoms with E-state index in [4.69, 9.17) is 0 Å². The van der Waals surface area contributed by atoms with Crippen LogP contribution in [-0.4, -0.2) is 62.7 Å². The number of hydrogen-bond donors (Lipinski definition) is 4. The van der Waals surface area contributed by atoms with Crippen molar-refractivity contribution >= 4 is 40.2 Å². The van der Waals surface area contributed by atoms with Crippen molar-refractivity contribution in [3.05, 3.63) is 103 Å². The average Bonchev–Trinajstić information content (AvgIpc) is 3.56. The average molecular weight is 589 g/mol. The van der Waals surface area contributed by atoms with E-state index in [1.165, 1.54) is 30.5 Å². The summed E-state index contributed by atoms with van der Waals surface area (Å²) in [6.07, 6.45) is 0.640. The predicted molar refractivity (Wildman–Crippen MR) is 163 cm³/mol. The van der Waals surface area contributed by atoms with E-state index >= 15 is 0 Å². The van der Waals surface area contributed by atoms with Gasteiger partial charge in [0.1, 0.15) is 11.4 Å². The van der Waals surface area contributed by atoms with E-state index in [1.807, 2.05) is 48.7 Å². The van der Waals surface area contributed by atoms with Crippen LogP contribution in [0.1, 0.15) is 45.0 Å². The number of carbonyl (C=O) groups excluding carboxylic acids is 2. The second-order valence-electron chi connectivity index (χ2n) is 9.96. The van der Waals surface area contributed by atoms with Crippen LogP contribution in [0.2, 0.25) is 0 Å². The SMILES string of the molecule is CC[C@@H](Nc1c(Nc2cccc(C(=O)N3CCN(C(=O)c4cccs4)CC3)c2O)c(=O)[nH]n(C)c1=O)c1ccccc1. The standard InChI is InChI=1S/C30H32N6O5S/c1-3-21(19-9-5-4-6-10-19)31-25-24(27(38)33-34(2)30(25)41)32-22-12-7-11-20(26(22)37)28(39)35-14-16-36(17-15-35)29(40)23-13-8-18-42-23/h4-13,18,21,31-32,37H,3,14-17H2,1-2H3,(H,33,38)/t21-/m1/s1. The first kappa shape index (κ1) is 28.7. The summed E-state index contributed by atoms with van der Waals surface area (Å²) in [4.78, 5) is 56.3. The number of para-hydroxylation sites is 1. The molecule has 42 heavy (non-hydrogen) atoms. The molecule has 3 heterocycles. The van der Waals surface area contributed by atoms with Crippen molar-refractivity contribution < 1.29 is 14.7 Å². The van der Waals surface area contributed by atoms with Crippen LogP contribution in [0.25, 0.3) is 0 Å². The van der Waals surface area contributed by atoms with E-state index in [9.17, 15) is 24.3 Å². The molecule has 1 atom stereocenters. The van der Waals surface area contributed by atoms with E-state index in [2.05, 4.69) is 15.7 Å². The number of thiophene rings is 1. The highest BCUT2D eigenvalue weighted by Gasteiger charge is 2.28. The van der Waals surface area contributed by atoms with Gasteiger partial charge in [-0.25, -0.2) is 0 Å². The van der Waals surface area contributed by atoms with Crippen LogP contribution in [0.3, 0.4) is 0 Å². The van der Waals surface area contributed by atoms with Crippen molar-refractivity contribution in [2.75, 3.05) is 36.8 Å². The maximum absolute atomic E-state index is 13.4. The minimum atomic E-state index is -0.579. The molecule has 0 spiro atoms. The molecule has 0 saturated carbocycles. The van der Waals surface area contributed by atoms with Crippen LogP contribution < -0.4 is 21.8 Å². The van der Waals surface area contributed by atoms with Crippen LogP contribution in [0.5, 0.6) is 5.75 Å². The number of hydrogen-bond acceptors (Lipinski definition) is 8. The zero-order valence-corrected chi connectivity index (χ0v) is 24.1. The molecule has 4 aromatic rings. The fraction of sp³-hybridized carbons (Fsp3) is 0.267. The number of nitrogens with zero attached hydrogens (tertiary/aromatic N) is 3. The molecule has 1 saturated heterocycles. The lowest BCUT2D eigenvalue weighted by atomic mass is 10.0. The molecule has 0 radical (unpaired) electrons. The number of carbonyl (C=O) groups is 2. The molecule has 218 valence electrons. The van der Waals surface area contributed by atoms with Crippen molar-refractivity contribution in [3.8, 4) is 5.75 Å². The molecule has 1 fully saturated rings. The smallest absolute Gasteiger partial charge is 0.290 e. The number of aryl methyl sites for hydroxylation is 1. The van der Waals surface area contributed by atoms with Crippen LogP contribution in [0.4, 0.5) is 17.1 Å². The number of aromatic nitrogens is 2. The number of piperazine rings is 1. The summed E-state index contributed by atoms with van der Waals surface area (Å²) in [7, 11) is 1.45. The van der Waals surface area contributed by atoms with E-state index < -0.39 is 17.0 Å². The zero-order chi connectivity index (χ0) is 29.8. The first-order chi connectivity index (χ1) is 20.3. The Balaban J connectivity index is 1.38. The normalized spacial score (nSPS) is 14.0. The summed E-state index contributed by atoms with van der Waals surface area (Å²) in [5, 5.41) is 21.6. The van der Waals surface area contributed by atoms with Gasteiger partial charge in [0, 0.05) is 33.2 Å². The summed E-state index contributed by atoms with van der Waals surface area (Å²) in [6.45, 7) is 3.34. The molecular weight excluding hydrogens is 556 g/mol. The molecule has 2 aromatic heterocycles. The molecule has 0 unspecified atom stereocenters. The third-order valence-corrected chi connectivity index (χ3v) is 8.16. The van der Waals surface area contributed by atoms with Crippen LogP contribution >= 0.6 is 11.3 Å². The fourth-order valence-electron chi connectivity index (χ4n) is 4.97. The molecule has 2 amide bonds. The molecule has 4 N–H and O–H groups in total. The Morgan fingerprint density at radius 2 is 1.62 bits per heavy atom. The van der Waals surface area contributed by atoms with E-state index in [0.29, 0.717) is 37.5 Å². The van der Waals surface area contributed by atoms with Crippen LogP contribution in [0, 0.1) is 0 Å². The lowest BCUT2D eigenvalue weighted by Gasteiger charge is -2.34. The number of nitrogens with one attached hydrogen (secondary N) is 3. The number of amides is 2. The molecule has 5 rings (SSSR count). The van der Waals surface area contributed by atoms with Crippen molar-refractivity contribution in [2.45, 2.75) is 19.4 Å². The monoisotopic (exact) mass is 588 g/mol. The highest BCUT2D eigenvalue weighted by Crippen LogP contribution is 2.33. The summed E-state index contributed by atoms with van der Waals surface area (Å²) in [6, 6.07) is 17.5. The van der Waals surface area contributed by atoms with Crippen molar-refractivity contribution in [1.82, 2.24) is 19.6 Å². The Morgan fingerprint density at radius 3 is 2.26 bits per heavy atom. The van der Waals surface area contributed by atoms with E-state index in [0.717, 1.165) is 10.2 Å². The molecule has 2 aromatic carbocycles. The second-order valence-corrected chi connectivity index (χ2v) is 10.9. The van der Waals surface area contributed by atoms with Crippen molar-refractivity contribution in [3.63, 3.8) is 0 Å². The number of H-pyrrole nitrogens is 1. The van der Waals surface area contributed by atoms with Gasteiger partial charge in [-0.1, -0.05) is 49.4 Å². The van der Waals surface area contributed by atoms with Gasteiger partial charge >= 0.3 is 0 Å². The second kappa shape index (κ2) is 12.4. The van der Waals surface area contributed by atoms with Crippen LogP contribution in [0.15, 0.2) is 75.6 Å². The highest BCUT2D eigenvalue weighted by molar-refractivity contribution is 7.12. The van der Waals surface area contributed by atoms with Gasteiger partial charge in [-0.05, 0) is 35.6 Å². The van der Waals surface area contributed by atoms with Crippen molar-refractivity contribution in [1.29, 1.82) is 0 Å². The van der Waals surface area contributed by atoms with Gasteiger partial charge in [0.15, 0.2) is 5.75 Å². The zero-order valence-electron chi connectivity index (χ0n) is 23.3. The van der Waals surface area contributed by atoms with Gasteiger partial charge in [0.05, 0.1) is 22.2 Å². The minimum Gasteiger partial charge on any atom is -0.505 e. The van der Waals surface area contributed by atoms with Gasteiger partial charge in [-0.15, -0.1) is 11.3 Å². The lowest BCUT2D eigenvalue weighted by molar-refractivity contribution is 0.0536. The largest absolute Gasteiger partial charge is 0.505 e. The Bertz CT molecular complexity index is 1690. The third kappa shape index (κ3) is 5.79. The lowest BCUT2D eigenvalue weighted by Crippen LogP contribution is -2.50. The number of benzene rings is 2. The van der Waals surface area contributed by atoms with Crippen molar-refractivity contribution in [2.24, 2.45) is 7.05 Å². The Hall–Kier alpha value is -4.84. The number of aromatic amines is 1. The number of anilines is 3. The molecular formula is C30H32N6O5S. The van der Waals surface area contributed by atoms with E-state index in [-0.39, 0.29) is 40.3 Å². The summed E-state index contributed by atoms with van der Waals surface area (Å²) >= 11 is 1.38. The first-order valence-electron chi connectivity index (χ1n) is 13.6. The van der Waals surface area contributed by atoms with Gasteiger partial charge < -0.3 is 25.5 Å². The number of phenols is 1. The molecule has 12 heteroatoms. The number of phenolic OH excluding ortho intramolecular Hbond substituents is 1. The molecule has 0 bridgehead atoms. The quantitative estimate of drug-likeness (QED) is 0.230. The molecule has 11 nitrogen and oxygen atoms in total. The maximum atomic E-state index is 13.4. The Kier molecular flexibility index (Phi) is 8.43. The van der Waals surface area contributed by atoms with E-state index in [1.54, 1.807) is 21.9 Å². The maximum Gasteiger partial charge on any atom is 0.290 e. The summed E-state index contributed by atoms with van der Waals surface area (Å²) < 4.78 is 1.09. The van der Waals surface area contributed by atoms with Gasteiger partial charge in [-0.3, -0.25) is 29.0 Å². The molecule has 0 aliphatic carbocycles. The topological polar surface area (TPSA) is 140 Å².